The second kappa shape index (κ2) is 6.99. The predicted octanol–water partition coefficient (Wildman–Crippen LogP) is 5.85. The fourth-order valence-corrected chi connectivity index (χ4v) is 2.51. The van der Waals surface area contributed by atoms with Crippen LogP contribution in [0.5, 0.6) is 0 Å². The fourth-order valence-electron chi connectivity index (χ4n) is 1.79. The van der Waals surface area contributed by atoms with E-state index in [1.54, 1.807) is 49.4 Å². The number of para-hydroxylation sites is 1. The van der Waals surface area contributed by atoms with Gasteiger partial charge in [0.15, 0.2) is 5.78 Å². The Morgan fingerprint density at radius 1 is 0.952 bits per heavy atom. The lowest BCUT2D eigenvalue weighted by atomic mass is 10.1. The maximum Gasteiger partial charge on any atom is 0.189 e. The molecule has 0 aliphatic carbocycles. The lowest BCUT2D eigenvalue weighted by molar-refractivity contribution is 0.104. The van der Waals surface area contributed by atoms with Gasteiger partial charge in [0, 0.05) is 17.3 Å². The summed E-state index contributed by atoms with van der Waals surface area (Å²) in [6.07, 6.45) is 1.46. The third-order valence-corrected chi connectivity index (χ3v) is 3.73. The third kappa shape index (κ3) is 4.01. The van der Waals surface area contributed by atoms with Crippen LogP contribution < -0.4 is 5.32 Å². The molecule has 0 atom stereocenters. The topological polar surface area (TPSA) is 29.1 Å². The SMILES string of the molecule is C/C(=C\C(=O)c1ccccc1Cl)Nc1c(Cl)cccc1Cl. The average Bonchev–Trinajstić information content (AvgIpc) is 2.43. The first-order valence-electron chi connectivity index (χ1n) is 6.17. The molecule has 2 rings (SSSR count). The van der Waals surface area contributed by atoms with Gasteiger partial charge < -0.3 is 5.32 Å². The Hall–Kier alpha value is -1.48. The first kappa shape index (κ1) is 15.9. The van der Waals surface area contributed by atoms with Crippen LogP contribution in [0, 0.1) is 0 Å². The first-order chi connectivity index (χ1) is 9.99. The molecule has 2 nitrogen and oxygen atoms in total. The molecule has 2 aromatic carbocycles. The van der Waals surface area contributed by atoms with E-state index in [9.17, 15) is 4.79 Å². The molecule has 0 fully saturated rings. The summed E-state index contributed by atoms with van der Waals surface area (Å²) in [6, 6.07) is 12.1. The van der Waals surface area contributed by atoms with Gasteiger partial charge in [-0.1, -0.05) is 53.0 Å². The van der Waals surface area contributed by atoms with Crippen molar-refractivity contribution in [2.75, 3.05) is 5.32 Å². The van der Waals surface area contributed by atoms with Gasteiger partial charge in [-0.05, 0) is 31.2 Å². The van der Waals surface area contributed by atoms with Crippen LogP contribution in [-0.2, 0) is 0 Å². The quantitative estimate of drug-likeness (QED) is 0.559. The molecule has 0 bridgehead atoms. The van der Waals surface area contributed by atoms with Gasteiger partial charge in [-0.25, -0.2) is 0 Å². The zero-order valence-corrected chi connectivity index (χ0v) is 13.4. The number of carbonyl (C=O) groups is 1. The van der Waals surface area contributed by atoms with Crippen LogP contribution in [0.1, 0.15) is 17.3 Å². The molecule has 0 radical (unpaired) electrons. The van der Waals surface area contributed by atoms with Crippen molar-refractivity contribution in [1.29, 1.82) is 0 Å². The molecular weight excluding hydrogens is 329 g/mol. The molecule has 2 aromatic rings. The maximum absolute atomic E-state index is 12.2. The van der Waals surface area contributed by atoms with Crippen LogP contribution in [0.25, 0.3) is 0 Å². The van der Waals surface area contributed by atoms with E-state index in [0.29, 0.717) is 32.0 Å². The van der Waals surface area contributed by atoms with Crippen molar-refractivity contribution in [1.82, 2.24) is 0 Å². The lowest BCUT2D eigenvalue weighted by Crippen LogP contribution is -2.02. The molecule has 0 spiro atoms. The summed E-state index contributed by atoms with van der Waals surface area (Å²) in [5, 5.41) is 4.42. The second-order valence-electron chi connectivity index (χ2n) is 4.39. The van der Waals surface area contributed by atoms with E-state index in [-0.39, 0.29) is 5.78 Å². The van der Waals surface area contributed by atoms with Crippen molar-refractivity contribution in [3.8, 4) is 0 Å². The van der Waals surface area contributed by atoms with Gasteiger partial charge in [-0.2, -0.15) is 0 Å². The minimum absolute atomic E-state index is 0.186. The Bertz CT molecular complexity index is 690. The number of anilines is 1. The minimum Gasteiger partial charge on any atom is -0.357 e. The standard InChI is InChI=1S/C16H12Cl3NO/c1-10(20-16-13(18)7-4-8-14(16)19)9-15(21)11-5-2-3-6-12(11)17/h2-9,20H,1H3/b10-9+. The monoisotopic (exact) mass is 339 g/mol. The van der Waals surface area contributed by atoms with Crippen molar-refractivity contribution in [2.45, 2.75) is 6.92 Å². The number of nitrogens with one attached hydrogen (secondary N) is 1. The molecule has 0 heterocycles. The predicted molar refractivity (Wildman–Crippen MR) is 89.6 cm³/mol. The van der Waals surface area contributed by atoms with E-state index >= 15 is 0 Å². The normalized spacial score (nSPS) is 11.3. The first-order valence-corrected chi connectivity index (χ1v) is 7.30. The van der Waals surface area contributed by atoms with Gasteiger partial charge in [0.25, 0.3) is 0 Å². The summed E-state index contributed by atoms with van der Waals surface area (Å²) in [6.45, 7) is 1.76. The van der Waals surface area contributed by atoms with E-state index in [2.05, 4.69) is 5.32 Å². The van der Waals surface area contributed by atoms with Crippen LogP contribution in [0.15, 0.2) is 54.2 Å². The molecule has 0 aromatic heterocycles. The number of benzene rings is 2. The lowest BCUT2D eigenvalue weighted by Gasteiger charge is -2.10. The Balaban J connectivity index is 2.22. The Morgan fingerprint density at radius 3 is 2.14 bits per heavy atom. The number of rotatable bonds is 4. The zero-order valence-electron chi connectivity index (χ0n) is 11.2. The Labute approximate surface area is 138 Å². The number of halogens is 3. The number of hydrogen-bond acceptors (Lipinski definition) is 2. The fraction of sp³-hybridized carbons (Fsp3) is 0.0625. The summed E-state index contributed by atoms with van der Waals surface area (Å²) in [5.41, 5.74) is 1.64. The Kier molecular flexibility index (Phi) is 5.29. The molecule has 0 saturated heterocycles. The van der Waals surface area contributed by atoms with Crippen molar-refractivity contribution < 1.29 is 4.79 Å². The number of carbonyl (C=O) groups excluding carboxylic acids is 1. The molecular formula is C16H12Cl3NO. The highest BCUT2D eigenvalue weighted by Crippen LogP contribution is 2.30. The summed E-state index contributed by atoms with van der Waals surface area (Å²) in [7, 11) is 0. The third-order valence-electron chi connectivity index (χ3n) is 2.77. The van der Waals surface area contributed by atoms with Crippen LogP contribution >= 0.6 is 34.8 Å². The largest absolute Gasteiger partial charge is 0.357 e. The molecule has 1 N–H and O–H groups in total. The van der Waals surface area contributed by atoms with Gasteiger partial charge >= 0.3 is 0 Å². The van der Waals surface area contributed by atoms with Crippen LogP contribution in [0.2, 0.25) is 15.1 Å². The van der Waals surface area contributed by atoms with Gasteiger partial charge in [0.2, 0.25) is 0 Å². The van der Waals surface area contributed by atoms with Crippen LogP contribution in [0.3, 0.4) is 0 Å². The highest BCUT2D eigenvalue weighted by molar-refractivity contribution is 6.39. The molecule has 108 valence electrons. The summed E-state index contributed by atoms with van der Waals surface area (Å²) in [4.78, 5) is 12.2. The van der Waals surface area contributed by atoms with E-state index in [4.69, 9.17) is 34.8 Å². The number of hydrogen-bond donors (Lipinski definition) is 1. The average molecular weight is 341 g/mol. The molecule has 0 aliphatic rings. The summed E-state index contributed by atoms with van der Waals surface area (Å²) < 4.78 is 0. The number of ketones is 1. The van der Waals surface area contributed by atoms with E-state index in [1.165, 1.54) is 6.08 Å². The van der Waals surface area contributed by atoms with Crippen LogP contribution in [0.4, 0.5) is 5.69 Å². The van der Waals surface area contributed by atoms with Crippen LogP contribution in [-0.4, -0.2) is 5.78 Å². The highest BCUT2D eigenvalue weighted by Gasteiger charge is 2.09. The molecule has 0 saturated carbocycles. The maximum atomic E-state index is 12.2. The summed E-state index contributed by atoms with van der Waals surface area (Å²) in [5.74, 6) is -0.186. The zero-order chi connectivity index (χ0) is 15.4. The molecule has 0 unspecified atom stereocenters. The van der Waals surface area contributed by atoms with Crippen molar-refractivity contribution >= 4 is 46.3 Å². The molecule has 5 heteroatoms. The summed E-state index contributed by atoms with van der Waals surface area (Å²) >= 11 is 18.1. The van der Waals surface area contributed by atoms with Crippen molar-refractivity contribution in [3.05, 3.63) is 74.9 Å². The highest BCUT2D eigenvalue weighted by atomic mass is 35.5. The van der Waals surface area contributed by atoms with Gasteiger partial charge in [0.05, 0.1) is 20.8 Å². The van der Waals surface area contributed by atoms with E-state index in [1.807, 2.05) is 0 Å². The van der Waals surface area contributed by atoms with Gasteiger partial charge in [0.1, 0.15) is 0 Å². The minimum atomic E-state index is -0.186. The number of allylic oxidation sites excluding steroid dienone is 2. The second-order valence-corrected chi connectivity index (χ2v) is 5.61. The van der Waals surface area contributed by atoms with Crippen molar-refractivity contribution in [3.63, 3.8) is 0 Å². The van der Waals surface area contributed by atoms with Crippen molar-refractivity contribution in [2.24, 2.45) is 0 Å². The molecule has 0 aliphatic heterocycles. The molecule has 21 heavy (non-hydrogen) atoms. The van der Waals surface area contributed by atoms with Gasteiger partial charge in [-0.3, -0.25) is 4.79 Å². The van der Waals surface area contributed by atoms with E-state index < -0.39 is 0 Å². The molecule has 0 amide bonds. The smallest absolute Gasteiger partial charge is 0.189 e. The van der Waals surface area contributed by atoms with Gasteiger partial charge in [-0.15, -0.1) is 0 Å². The Morgan fingerprint density at radius 2 is 1.52 bits per heavy atom. The van der Waals surface area contributed by atoms with E-state index in [0.717, 1.165) is 0 Å².